The average Bonchev–Trinajstić information content (AvgIpc) is 2.82. The lowest BCUT2D eigenvalue weighted by atomic mass is 10.1. The maximum atomic E-state index is 12.0. The highest BCUT2D eigenvalue weighted by Gasteiger charge is 2.18. The first-order valence-corrected chi connectivity index (χ1v) is 7.45. The van der Waals surface area contributed by atoms with Crippen LogP contribution in [0.1, 0.15) is 20.9 Å². The molecule has 0 aliphatic heterocycles. The zero-order valence-corrected chi connectivity index (χ0v) is 13.0. The number of aromatic nitrogens is 1. The second-order valence-corrected chi connectivity index (χ2v) is 5.73. The SMILES string of the molecule is COCCOC(=O)c1sc(N)nc1Cc1ccc(Cl)cc1. The van der Waals surface area contributed by atoms with Crippen molar-refractivity contribution in [3.63, 3.8) is 0 Å². The third kappa shape index (κ3) is 4.42. The van der Waals surface area contributed by atoms with Crippen LogP contribution in [0.4, 0.5) is 5.13 Å². The van der Waals surface area contributed by atoms with Crippen molar-refractivity contribution >= 4 is 34.0 Å². The molecule has 0 fully saturated rings. The van der Waals surface area contributed by atoms with Gasteiger partial charge in [0.1, 0.15) is 11.5 Å². The molecule has 0 bridgehead atoms. The van der Waals surface area contributed by atoms with Gasteiger partial charge in [0.05, 0.1) is 12.3 Å². The Kier molecular flexibility index (Phi) is 5.55. The van der Waals surface area contributed by atoms with Gasteiger partial charge in [0, 0.05) is 18.6 Å². The summed E-state index contributed by atoms with van der Waals surface area (Å²) in [6.07, 6.45) is 0.500. The van der Waals surface area contributed by atoms with Gasteiger partial charge in [0.2, 0.25) is 0 Å². The monoisotopic (exact) mass is 326 g/mol. The summed E-state index contributed by atoms with van der Waals surface area (Å²) in [6.45, 7) is 0.556. The number of nitrogens with zero attached hydrogens (tertiary/aromatic N) is 1. The van der Waals surface area contributed by atoms with Gasteiger partial charge in [-0.15, -0.1) is 0 Å². The highest BCUT2D eigenvalue weighted by atomic mass is 35.5. The van der Waals surface area contributed by atoms with E-state index in [-0.39, 0.29) is 6.61 Å². The average molecular weight is 327 g/mol. The number of carbonyl (C=O) groups excluding carboxylic acids is 1. The van der Waals surface area contributed by atoms with Crippen molar-refractivity contribution in [2.24, 2.45) is 0 Å². The molecule has 7 heteroatoms. The van der Waals surface area contributed by atoms with E-state index in [4.69, 9.17) is 26.8 Å². The number of nitrogens with two attached hydrogens (primary N) is 1. The Balaban J connectivity index is 2.12. The summed E-state index contributed by atoms with van der Waals surface area (Å²) in [6, 6.07) is 7.36. The van der Waals surface area contributed by atoms with E-state index >= 15 is 0 Å². The van der Waals surface area contributed by atoms with E-state index in [1.165, 1.54) is 0 Å². The second-order valence-electron chi connectivity index (χ2n) is 4.26. The van der Waals surface area contributed by atoms with Crippen molar-refractivity contribution in [3.8, 4) is 0 Å². The number of halogens is 1. The van der Waals surface area contributed by atoms with Gasteiger partial charge in [-0.3, -0.25) is 0 Å². The molecular weight excluding hydrogens is 312 g/mol. The molecule has 2 N–H and O–H groups in total. The van der Waals surface area contributed by atoms with E-state index < -0.39 is 5.97 Å². The number of esters is 1. The maximum Gasteiger partial charge on any atom is 0.350 e. The van der Waals surface area contributed by atoms with E-state index in [1.54, 1.807) is 19.2 Å². The molecule has 2 aromatic rings. The van der Waals surface area contributed by atoms with Crippen LogP contribution in [0.5, 0.6) is 0 Å². The van der Waals surface area contributed by atoms with E-state index in [1.807, 2.05) is 12.1 Å². The van der Waals surface area contributed by atoms with Crippen molar-refractivity contribution in [1.29, 1.82) is 0 Å². The van der Waals surface area contributed by atoms with Crippen LogP contribution in [0, 0.1) is 0 Å². The van der Waals surface area contributed by atoms with Crippen LogP contribution in [0.25, 0.3) is 0 Å². The molecule has 0 aliphatic rings. The standard InChI is InChI=1S/C14H15ClN2O3S/c1-19-6-7-20-13(18)12-11(17-14(16)21-12)8-9-2-4-10(15)5-3-9/h2-5H,6-8H2,1H3,(H2,16,17). The lowest BCUT2D eigenvalue weighted by Gasteiger charge is -2.04. The number of hydrogen-bond donors (Lipinski definition) is 1. The highest BCUT2D eigenvalue weighted by Crippen LogP contribution is 2.24. The summed E-state index contributed by atoms with van der Waals surface area (Å²) >= 11 is 6.98. The number of methoxy groups -OCH3 is 1. The molecule has 112 valence electrons. The van der Waals surface area contributed by atoms with E-state index in [2.05, 4.69) is 4.98 Å². The largest absolute Gasteiger partial charge is 0.459 e. The first-order valence-electron chi connectivity index (χ1n) is 6.26. The minimum Gasteiger partial charge on any atom is -0.459 e. The van der Waals surface area contributed by atoms with Gasteiger partial charge >= 0.3 is 5.97 Å². The molecule has 0 saturated heterocycles. The van der Waals surface area contributed by atoms with E-state index in [0.29, 0.717) is 33.8 Å². The van der Waals surface area contributed by atoms with Crippen LogP contribution in [-0.2, 0) is 15.9 Å². The Bertz CT molecular complexity index is 613. The van der Waals surface area contributed by atoms with Crippen molar-refractivity contribution in [3.05, 3.63) is 45.4 Å². The number of nitrogen functional groups attached to an aromatic ring is 1. The van der Waals surface area contributed by atoms with Gasteiger partial charge in [0.15, 0.2) is 5.13 Å². The normalized spacial score (nSPS) is 10.6. The zero-order chi connectivity index (χ0) is 15.2. The number of anilines is 1. The number of carbonyl (C=O) groups is 1. The molecule has 5 nitrogen and oxygen atoms in total. The fourth-order valence-electron chi connectivity index (χ4n) is 1.73. The molecule has 21 heavy (non-hydrogen) atoms. The predicted octanol–water partition coefficient (Wildman–Crippen LogP) is 2.77. The predicted molar refractivity (Wildman–Crippen MR) is 82.9 cm³/mol. The van der Waals surface area contributed by atoms with Crippen LogP contribution < -0.4 is 5.73 Å². The van der Waals surface area contributed by atoms with Gasteiger partial charge in [-0.25, -0.2) is 9.78 Å². The third-order valence-electron chi connectivity index (χ3n) is 2.70. The van der Waals surface area contributed by atoms with Crippen molar-refractivity contribution < 1.29 is 14.3 Å². The minimum atomic E-state index is -0.426. The smallest absolute Gasteiger partial charge is 0.350 e. The quantitative estimate of drug-likeness (QED) is 0.652. The Morgan fingerprint density at radius 3 is 2.71 bits per heavy atom. The van der Waals surface area contributed by atoms with Gasteiger partial charge < -0.3 is 15.2 Å². The topological polar surface area (TPSA) is 74.4 Å². The number of benzene rings is 1. The number of ether oxygens (including phenoxy) is 2. The van der Waals surface area contributed by atoms with Gasteiger partial charge in [0.25, 0.3) is 0 Å². The van der Waals surface area contributed by atoms with Crippen LogP contribution >= 0.6 is 22.9 Å². The lowest BCUT2D eigenvalue weighted by molar-refractivity contribution is 0.0392. The Labute approximate surface area is 131 Å². The molecule has 1 aromatic heterocycles. The third-order valence-corrected chi connectivity index (χ3v) is 3.86. The molecule has 0 unspecified atom stereocenters. The summed E-state index contributed by atoms with van der Waals surface area (Å²) in [5.74, 6) is -0.426. The van der Waals surface area contributed by atoms with Crippen LogP contribution in [0.3, 0.4) is 0 Å². The minimum absolute atomic E-state index is 0.202. The summed E-state index contributed by atoms with van der Waals surface area (Å²) in [5, 5.41) is 1.01. The molecule has 0 saturated carbocycles. The summed E-state index contributed by atoms with van der Waals surface area (Å²) in [4.78, 5) is 16.7. The van der Waals surface area contributed by atoms with Gasteiger partial charge in [-0.05, 0) is 17.7 Å². The Morgan fingerprint density at radius 1 is 1.33 bits per heavy atom. The molecule has 0 aliphatic carbocycles. The Morgan fingerprint density at radius 2 is 2.05 bits per heavy atom. The van der Waals surface area contributed by atoms with Crippen LogP contribution in [0.15, 0.2) is 24.3 Å². The van der Waals surface area contributed by atoms with E-state index in [0.717, 1.165) is 16.9 Å². The molecule has 1 heterocycles. The molecule has 0 spiro atoms. The summed E-state index contributed by atoms with van der Waals surface area (Å²) in [5.41, 5.74) is 7.31. The van der Waals surface area contributed by atoms with Crippen LogP contribution in [-0.4, -0.2) is 31.3 Å². The maximum absolute atomic E-state index is 12.0. The fourth-order valence-corrected chi connectivity index (χ4v) is 2.60. The molecule has 0 amide bonds. The van der Waals surface area contributed by atoms with Crippen molar-refractivity contribution in [2.75, 3.05) is 26.1 Å². The number of hydrogen-bond acceptors (Lipinski definition) is 6. The first-order chi connectivity index (χ1) is 10.1. The molecule has 0 radical (unpaired) electrons. The number of thiazole rings is 1. The fraction of sp³-hybridized carbons (Fsp3) is 0.286. The first kappa shape index (κ1) is 15.8. The van der Waals surface area contributed by atoms with E-state index in [9.17, 15) is 4.79 Å². The van der Waals surface area contributed by atoms with Crippen molar-refractivity contribution in [2.45, 2.75) is 6.42 Å². The van der Waals surface area contributed by atoms with Gasteiger partial charge in [-0.1, -0.05) is 35.1 Å². The van der Waals surface area contributed by atoms with Gasteiger partial charge in [-0.2, -0.15) is 0 Å². The molecule has 1 aromatic carbocycles. The molecular formula is C14H15ClN2O3S. The van der Waals surface area contributed by atoms with Crippen molar-refractivity contribution in [1.82, 2.24) is 4.98 Å². The van der Waals surface area contributed by atoms with Crippen LogP contribution in [0.2, 0.25) is 5.02 Å². The summed E-state index contributed by atoms with van der Waals surface area (Å²) in [7, 11) is 1.55. The molecule has 0 atom stereocenters. The number of rotatable bonds is 6. The Hall–Kier alpha value is -1.63. The second kappa shape index (κ2) is 7.40. The lowest BCUT2D eigenvalue weighted by Crippen LogP contribution is -2.10. The molecule has 2 rings (SSSR count). The highest BCUT2D eigenvalue weighted by molar-refractivity contribution is 7.17. The summed E-state index contributed by atoms with van der Waals surface area (Å²) < 4.78 is 9.95. The zero-order valence-electron chi connectivity index (χ0n) is 11.5.